The number of para-hydroxylation sites is 1. The van der Waals surface area contributed by atoms with Gasteiger partial charge in [0.2, 0.25) is 5.91 Å². The summed E-state index contributed by atoms with van der Waals surface area (Å²) in [5, 5.41) is 4.62. The van der Waals surface area contributed by atoms with Gasteiger partial charge in [-0.3, -0.25) is 14.2 Å². The van der Waals surface area contributed by atoms with E-state index in [1.807, 2.05) is 30.3 Å². The molecule has 4 atom stereocenters. The zero-order chi connectivity index (χ0) is 23.8. The number of carbonyl (C=O) groups is 1. The Balaban J connectivity index is 1.46. The van der Waals surface area contributed by atoms with Gasteiger partial charge < -0.3 is 5.32 Å². The lowest BCUT2D eigenvalue weighted by molar-refractivity contribution is -0.120. The molecule has 180 valence electrons. The monoisotopic (exact) mass is 495 g/mol. The zero-order valence-electron chi connectivity index (χ0n) is 20.2. The van der Waals surface area contributed by atoms with Crippen molar-refractivity contribution in [1.29, 1.82) is 0 Å². The lowest BCUT2D eigenvalue weighted by atomic mass is 9.78. The third kappa shape index (κ3) is 4.57. The Morgan fingerprint density at radius 2 is 1.97 bits per heavy atom. The Morgan fingerprint density at radius 1 is 1.18 bits per heavy atom. The number of nitrogens with zero attached hydrogens (tertiary/aromatic N) is 2. The summed E-state index contributed by atoms with van der Waals surface area (Å²) in [7, 11) is 0. The van der Waals surface area contributed by atoms with Gasteiger partial charge in [-0.05, 0) is 61.1 Å². The molecule has 0 radical (unpaired) electrons. The van der Waals surface area contributed by atoms with Gasteiger partial charge in [0.15, 0.2) is 5.16 Å². The number of thioether (sulfide) groups is 1. The molecule has 0 spiro atoms. The normalized spacial score (nSPS) is 24.7. The van der Waals surface area contributed by atoms with Crippen molar-refractivity contribution in [3.63, 3.8) is 0 Å². The largest absolute Gasteiger partial charge is 0.352 e. The van der Waals surface area contributed by atoms with E-state index in [2.05, 4.69) is 26.1 Å². The number of aryl methyl sites for hydroxylation is 1. The minimum Gasteiger partial charge on any atom is -0.352 e. The van der Waals surface area contributed by atoms with Crippen LogP contribution in [0.3, 0.4) is 0 Å². The molecule has 2 heterocycles. The van der Waals surface area contributed by atoms with Crippen LogP contribution < -0.4 is 10.9 Å². The Hall–Kier alpha value is -2.12. The van der Waals surface area contributed by atoms with Crippen molar-refractivity contribution in [3.05, 3.63) is 51.1 Å². The van der Waals surface area contributed by atoms with Gasteiger partial charge in [-0.15, -0.1) is 11.3 Å². The molecule has 1 fully saturated rings. The fraction of sp³-hybridized carbons (Fsp3) is 0.519. The average Bonchev–Trinajstić information content (AvgIpc) is 3.19. The molecular formula is C27H33N3O2S2. The van der Waals surface area contributed by atoms with Crippen LogP contribution in [0, 0.1) is 17.8 Å². The first-order valence-electron chi connectivity index (χ1n) is 12.5. The third-order valence-electron chi connectivity index (χ3n) is 7.70. The molecular weight excluding hydrogens is 462 g/mol. The highest BCUT2D eigenvalue weighted by atomic mass is 32.2. The lowest BCUT2D eigenvalue weighted by Crippen LogP contribution is -2.44. The number of fused-ring (bicyclic) bond motifs is 3. The molecule has 3 aromatic rings. The molecule has 2 aliphatic carbocycles. The number of thiophene rings is 1. The van der Waals surface area contributed by atoms with Crippen LogP contribution in [0.2, 0.25) is 0 Å². The maximum Gasteiger partial charge on any atom is 0.267 e. The molecule has 7 heteroatoms. The fourth-order valence-corrected chi connectivity index (χ4v) is 7.68. The number of aromatic nitrogens is 2. The van der Waals surface area contributed by atoms with E-state index in [9.17, 15) is 9.59 Å². The van der Waals surface area contributed by atoms with Crippen LogP contribution in [-0.4, -0.2) is 27.3 Å². The van der Waals surface area contributed by atoms with Gasteiger partial charge in [0.25, 0.3) is 5.56 Å². The van der Waals surface area contributed by atoms with Crippen molar-refractivity contribution in [2.24, 2.45) is 17.8 Å². The van der Waals surface area contributed by atoms with Crippen molar-refractivity contribution >= 4 is 39.2 Å². The number of amides is 1. The Bertz CT molecular complexity index is 1250. The second kappa shape index (κ2) is 9.86. The van der Waals surface area contributed by atoms with E-state index < -0.39 is 0 Å². The molecule has 0 saturated heterocycles. The first-order chi connectivity index (χ1) is 16.4. The minimum atomic E-state index is -0.0131. The first-order valence-corrected chi connectivity index (χ1v) is 14.3. The summed E-state index contributed by atoms with van der Waals surface area (Å²) in [6.45, 7) is 6.79. The topological polar surface area (TPSA) is 64.0 Å². The van der Waals surface area contributed by atoms with Gasteiger partial charge in [-0.25, -0.2) is 4.98 Å². The SMILES string of the molecule is CC1CCc2c(sc3nc(SCC(=O)NC4CCCC(C)C4C)n(-c4ccccc4)c(=O)c23)C1. The lowest BCUT2D eigenvalue weighted by Gasteiger charge is -2.34. The molecule has 1 aromatic carbocycles. The molecule has 0 aliphatic heterocycles. The van der Waals surface area contributed by atoms with E-state index in [1.165, 1.54) is 28.6 Å². The highest BCUT2D eigenvalue weighted by Crippen LogP contribution is 2.37. The Kier molecular flexibility index (Phi) is 6.85. The molecule has 4 unspecified atom stereocenters. The van der Waals surface area contributed by atoms with Gasteiger partial charge in [0.1, 0.15) is 4.83 Å². The number of benzene rings is 1. The zero-order valence-corrected chi connectivity index (χ0v) is 21.8. The summed E-state index contributed by atoms with van der Waals surface area (Å²) < 4.78 is 1.70. The van der Waals surface area contributed by atoms with Gasteiger partial charge >= 0.3 is 0 Å². The van der Waals surface area contributed by atoms with Crippen LogP contribution in [0.5, 0.6) is 0 Å². The van der Waals surface area contributed by atoms with Crippen LogP contribution in [0.4, 0.5) is 0 Å². The summed E-state index contributed by atoms with van der Waals surface area (Å²) in [5.74, 6) is 2.03. The molecule has 5 rings (SSSR count). The maximum atomic E-state index is 13.8. The van der Waals surface area contributed by atoms with Crippen LogP contribution >= 0.6 is 23.1 Å². The third-order valence-corrected chi connectivity index (χ3v) is 9.79. The number of rotatable bonds is 5. The Labute approximate surface area is 209 Å². The van der Waals surface area contributed by atoms with Crippen molar-refractivity contribution in [2.75, 3.05) is 5.75 Å². The molecule has 0 bridgehead atoms. The second-order valence-corrected chi connectivity index (χ2v) is 12.2. The fourth-order valence-electron chi connectivity index (χ4n) is 5.44. The molecule has 1 amide bonds. The van der Waals surface area contributed by atoms with E-state index in [1.54, 1.807) is 15.9 Å². The number of hydrogen-bond acceptors (Lipinski definition) is 5. The first kappa shape index (κ1) is 23.6. The highest BCUT2D eigenvalue weighted by molar-refractivity contribution is 7.99. The maximum absolute atomic E-state index is 13.8. The van der Waals surface area contributed by atoms with Gasteiger partial charge in [-0.1, -0.05) is 63.6 Å². The Morgan fingerprint density at radius 3 is 2.76 bits per heavy atom. The van der Waals surface area contributed by atoms with Crippen LogP contribution in [-0.2, 0) is 17.6 Å². The highest BCUT2D eigenvalue weighted by Gasteiger charge is 2.29. The van der Waals surface area contributed by atoms with Crippen molar-refractivity contribution < 1.29 is 4.79 Å². The predicted molar refractivity (Wildman–Crippen MR) is 141 cm³/mol. The smallest absolute Gasteiger partial charge is 0.267 e. The van der Waals surface area contributed by atoms with Gasteiger partial charge in [0, 0.05) is 10.9 Å². The van der Waals surface area contributed by atoms with E-state index in [0.717, 1.165) is 48.0 Å². The van der Waals surface area contributed by atoms with E-state index in [4.69, 9.17) is 4.98 Å². The quantitative estimate of drug-likeness (QED) is 0.369. The standard InChI is InChI=1S/C27H33N3O2S2/c1-16-12-13-20-22(14-16)34-25-24(20)26(32)30(19-9-5-4-6-10-19)27(29-25)33-15-23(31)28-21-11-7-8-17(2)18(21)3/h4-6,9-10,16-18,21H,7-8,11-15H2,1-3H3,(H,28,31). The molecule has 5 nitrogen and oxygen atoms in total. The van der Waals surface area contributed by atoms with Crippen molar-refractivity contribution in [2.45, 2.75) is 70.5 Å². The van der Waals surface area contributed by atoms with Gasteiger partial charge in [-0.2, -0.15) is 0 Å². The number of carbonyl (C=O) groups excluding carboxylic acids is 1. The summed E-state index contributed by atoms with van der Waals surface area (Å²) in [6, 6.07) is 9.92. The summed E-state index contributed by atoms with van der Waals surface area (Å²) in [6.07, 6.45) is 6.51. The van der Waals surface area contributed by atoms with E-state index >= 15 is 0 Å². The number of nitrogens with one attached hydrogen (secondary N) is 1. The summed E-state index contributed by atoms with van der Waals surface area (Å²) in [5.41, 5.74) is 1.97. The summed E-state index contributed by atoms with van der Waals surface area (Å²) in [4.78, 5) is 33.8. The summed E-state index contributed by atoms with van der Waals surface area (Å²) >= 11 is 3.02. The molecule has 34 heavy (non-hydrogen) atoms. The molecule has 1 saturated carbocycles. The van der Waals surface area contributed by atoms with Crippen LogP contribution in [0.15, 0.2) is 40.3 Å². The average molecular weight is 496 g/mol. The molecule has 2 aliphatic rings. The van der Waals surface area contributed by atoms with E-state index in [-0.39, 0.29) is 23.3 Å². The number of hydrogen-bond donors (Lipinski definition) is 1. The van der Waals surface area contributed by atoms with Crippen molar-refractivity contribution in [1.82, 2.24) is 14.9 Å². The molecule has 1 N–H and O–H groups in total. The van der Waals surface area contributed by atoms with Gasteiger partial charge in [0.05, 0.1) is 16.8 Å². The van der Waals surface area contributed by atoms with Crippen molar-refractivity contribution in [3.8, 4) is 5.69 Å². The van der Waals surface area contributed by atoms with Crippen LogP contribution in [0.1, 0.15) is 56.9 Å². The molecule has 2 aromatic heterocycles. The minimum absolute atomic E-state index is 0.0131. The predicted octanol–water partition coefficient (Wildman–Crippen LogP) is 5.61. The second-order valence-electron chi connectivity index (χ2n) is 10.1. The van der Waals surface area contributed by atoms with E-state index in [0.29, 0.717) is 22.9 Å². The van der Waals surface area contributed by atoms with Crippen LogP contribution in [0.25, 0.3) is 15.9 Å².